The fourth-order valence-electron chi connectivity index (χ4n) is 3.29. The molecule has 4 rings (SSSR count). The van der Waals surface area contributed by atoms with E-state index in [1.807, 2.05) is 6.92 Å². The summed E-state index contributed by atoms with van der Waals surface area (Å²) in [6.07, 6.45) is 5.42. The molecular weight excluding hydrogens is 419 g/mol. The minimum absolute atomic E-state index is 0.00390. The number of nitrogens with one attached hydrogen (secondary N) is 1. The second-order valence-corrected chi connectivity index (χ2v) is 7.50. The average molecular weight is 439 g/mol. The molecule has 0 atom stereocenters. The Hall–Kier alpha value is -3.45. The van der Waals surface area contributed by atoms with E-state index in [9.17, 15) is 9.18 Å². The second-order valence-electron chi connectivity index (χ2n) is 7.09. The van der Waals surface area contributed by atoms with Crippen LogP contribution < -0.4 is 11.1 Å². The Morgan fingerprint density at radius 2 is 2.00 bits per heavy atom. The number of halogens is 2. The van der Waals surface area contributed by atoms with Gasteiger partial charge in [0, 0.05) is 30.1 Å². The Balaban J connectivity index is 1.73. The van der Waals surface area contributed by atoms with E-state index in [4.69, 9.17) is 21.8 Å². The molecule has 3 aromatic heterocycles. The summed E-state index contributed by atoms with van der Waals surface area (Å²) in [6, 6.07) is 9.53. The van der Waals surface area contributed by atoms with Crippen LogP contribution in [-0.2, 0) is 0 Å². The molecule has 0 aliphatic heterocycles. The van der Waals surface area contributed by atoms with Crippen LogP contribution in [0.15, 0.2) is 53.2 Å². The number of carbonyl (C=O) groups is 1. The molecule has 0 aliphatic carbocycles. The SMILES string of the molecule is CCCCC(=O)c1cc(-c2nccc3c(Nc4ccc(F)c(Cl)c4)c(N)oc23)ccn1. The lowest BCUT2D eigenvalue weighted by Gasteiger charge is -2.07. The van der Waals surface area contributed by atoms with E-state index in [-0.39, 0.29) is 16.7 Å². The Morgan fingerprint density at radius 3 is 2.77 bits per heavy atom. The zero-order valence-corrected chi connectivity index (χ0v) is 17.5. The van der Waals surface area contributed by atoms with Crippen LogP contribution >= 0.6 is 11.6 Å². The number of rotatable bonds is 7. The van der Waals surface area contributed by atoms with Gasteiger partial charge in [-0.1, -0.05) is 24.9 Å². The molecule has 0 fully saturated rings. The van der Waals surface area contributed by atoms with Crippen molar-refractivity contribution in [2.75, 3.05) is 11.1 Å². The number of aromatic nitrogens is 2. The van der Waals surface area contributed by atoms with Crippen molar-refractivity contribution in [1.29, 1.82) is 0 Å². The third-order valence-electron chi connectivity index (χ3n) is 4.90. The average Bonchev–Trinajstić information content (AvgIpc) is 3.09. The molecule has 0 saturated carbocycles. The lowest BCUT2D eigenvalue weighted by atomic mass is 10.1. The summed E-state index contributed by atoms with van der Waals surface area (Å²) >= 11 is 5.88. The van der Waals surface area contributed by atoms with Gasteiger partial charge in [-0.25, -0.2) is 4.39 Å². The van der Waals surface area contributed by atoms with Crippen molar-refractivity contribution in [3.63, 3.8) is 0 Å². The van der Waals surface area contributed by atoms with Crippen molar-refractivity contribution < 1.29 is 13.6 Å². The van der Waals surface area contributed by atoms with Gasteiger partial charge in [-0.15, -0.1) is 0 Å². The van der Waals surface area contributed by atoms with Gasteiger partial charge < -0.3 is 15.5 Å². The Bertz CT molecular complexity index is 1270. The van der Waals surface area contributed by atoms with Crippen molar-refractivity contribution >= 4 is 45.6 Å². The number of carbonyl (C=O) groups excluding carboxylic acids is 1. The Labute approximate surface area is 183 Å². The Kier molecular flexibility index (Phi) is 5.86. The van der Waals surface area contributed by atoms with Crippen LogP contribution in [0.25, 0.3) is 22.2 Å². The maximum atomic E-state index is 13.5. The van der Waals surface area contributed by atoms with Crippen molar-refractivity contribution in [2.45, 2.75) is 26.2 Å². The molecule has 8 heteroatoms. The molecule has 31 heavy (non-hydrogen) atoms. The van der Waals surface area contributed by atoms with E-state index in [1.54, 1.807) is 36.7 Å². The van der Waals surface area contributed by atoms with E-state index >= 15 is 0 Å². The van der Waals surface area contributed by atoms with Crippen LogP contribution in [0.3, 0.4) is 0 Å². The summed E-state index contributed by atoms with van der Waals surface area (Å²) in [5, 5.41) is 3.82. The lowest BCUT2D eigenvalue weighted by molar-refractivity contribution is 0.0975. The number of unbranched alkanes of at least 4 members (excludes halogenated alkanes) is 1. The van der Waals surface area contributed by atoms with E-state index < -0.39 is 5.82 Å². The highest BCUT2D eigenvalue weighted by Crippen LogP contribution is 2.39. The van der Waals surface area contributed by atoms with Gasteiger partial charge in [0.25, 0.3) is 0 Å². The summed E-state index contributed by atoms with van der Waals surface area (Å²) in [7, 11) is 0. The maximum Gasteiger partial charge on any atom is 0.215 e. The monoisotopic (exact) mass is 438 g/mol. The molecule has 0 radical (unpaired) electrons. The molecule has 3 heterocycles. The molecule has 158 valence electrons. The topological polar surface area (TPSA) is 94.0 Å². The van der Waals surface area contributed by atoms with Crippen molar-refractivity contribution in [1.82, 2.24) is 9.97 Å². The van der Waals surface area contributed by atoms with E-state index in [2.05, 4.69) is 15.3 Å². The molecule has 0 aliphatic rings. The summed E-state index contributed by atoms with van der Waals surface area (Å²) in [5.74, 6) is -0.367. The number of ketones is 1. The van der Waals surface area contributed by atoms with Gasteiger partial charge in [0.05, 0.1) is 10.4 Å². The Morgan fingerprint density at radius 1 is 1.19 bits per heavy atom. The number of nitrogens with zero attached hydrogens (tertiary/aromatic N) is 2. The van der Waals surface area contributed by atoms with Gasteiger partial charge in [-0.05, 0) is 42.8 Å². The molecule has 3 N–H and O–H groups in total. The predicted octanol–water partition coefficient (Wildman–Crippen LogP) is 6.38. The summed E-state index contributed by atoms with van der Waals surface area (Å²) in [6.45, 7) is 2.04. The zero-order chi connectivity index (χ0) is 22.0. The predicted molar refractivity (Wildman–Crippen MR) is 120 cm³/mol. The number of hydrogen-bond donors (Lipinski definition) is 2. The largest absolute Gasteiger partial charge is 0.436 e. The van der Waals surface area contributed by atoms with Crippen LogP contribution in [0, 0.1) is 5.82 Å². The quantitative estimate of drug-likeness (QED) is 0.325. The minimum Gasteiger partial charge on any atom is -0.436 e. The van der Waals surface area contributed by atoms with E-state index in [0.717, 1.165) is 12.8 Å². The third-order valence-corrected chi connectivity index (χ3v) is 5.19. The van der Waals surface area contributed by atoms with E-state index in [0.29, 0.717) is 45.7 Å². The number of nitrogen functional groups attached to an aromatic ring is 1. The number of Topliss-reactive ketones (excluding diaryl/α,β-unsaturated/α-hetero) is 1. The number of nitrogens with two attached hydrogens (primary N) is 1. The number of furan rings is 1. The molecule has 0 bridgehead atoms. The first kappa shape index (κ1) is 20.8. The number of benzene rings is 1. The molecular formula is C23H20ClFN4O2. The standard InChI is InChI=1S/C23H20ClFN4O2/c1-2-3-4-19(30)18-11-13(7-9-27-18)20-22-15(8-10-28-20)21(23(26)31-22)29-14-5-6-17(25)16(24)12-14/h5-12,29H,2-4,26H2,1H3. The van der Waals surface area contributed by atoms with E-state index in [1.165, 1.54) is 12.1 Å². The molecule has 1 aromatic carbocycles. The molecule has 6 nitrogen and oxygen atoms in total. The summed E-state index contributed by atoms with van der Waals surface area (Å²) in [5.41, 5.74) is 9.30. The van der Waals surface area contributed by atoms with Crippen molar-refractivity contribution in [3.8, 4) is 11.3 Å². The first-order valence-corrected chi connectivity index (χ1v) is 10.2. The number of anilines is 3. The van der Waals surface area contributed by atoms with Crippen molar-refractivity contribution in [2.24, 2.45) is 0 Å². The summed E-state index contributed by atoms with van der Waals surface area (Å²) < 4.78 is 19.3. The normalized spacial score (nSPS) is 11.1. The first-order chi connectivity index (χ1) is 15.0. The minimum atomic E-state index is -0.509. The third kappa shape index (κ3) is 4.22. The smallest absolute Gasteiger partial charge is 0.215 e. The molecule has 0 amide bonds. The van der Waals surface area contributed by atoms with Gasteiger partial charge in [-0.2, -0.15) is 0 Å². The highest BCUT2D eigenvalue weighted by atomic mass is 35.5. The molecule has 0 unspecified atom stereocenters. The van der Waals surface area contributed by atoms with Crippen molar-refractivity contribution in [3.05, 3.63) is 65.3 Å². The molecule has 0 spiro atoms. The van der Waals surface area contributed by atoms with Crippen LogP contribution in [0.5, 0.6) is 0 Å². The highest BCUT2D eigenvalue weighted by molar-refractivity contribution is 6.31. The molecule has 0 saturated heterocycles. The van der Waals surface area contributed by atoms with Gasteiger partial charge in [0.1, 0.15) is 22.9 Å². The zero-order valence-electron chi connectivity index (χ0n) is 16.8. The van der Waals surface area contributed by atoms with Crippen LogP contribution in [0.1, 0.15) is 36.7 Å². The number of hydrogen-bond acceptors (Lipinski definition) is 6. The van der Waals surface area contributed by atoms with Gasteiger partial charge >= 0.3 is 0 Å². The van der Waals surface area contributed by atoms with Crippen LogP contribution in [0.2, 0.25) is 5.02 Å². The maximum absolute atomic E-state index is 13.5. The fourth-order valence-corrected chi connectivity index (χ4v) is 3.47. The van der Waals surface area contributed by atoms with Gasteiger partial charge in [-0.3, -0.25) is 14.8 Å². The molecule has 4 aromatic rings. The number of fused-ring (bicyclic) bond motifs is 1. The van der Waals surface area contributed by atoms with Crippen LogP contribution in [0.4, 0.5) is 21.6 Å². The fraction of sp³-hybridized carbons (Fsp3) is 0.174. The number of pyridine rings is 2. The first-order valence-electron chi connectivity index (χ1n) is 9.86. The highest BCUT2D eigenvalue weighted by Gasteiger charge is 2.18. The van der Waals surface area contributed by atoms with Gasteiger partial charge in [0.15, 0.2) is 11.4 Å². The lowest BCUT2D eigenvalue weighted by Crippen LogP contribution is -2.02. The second kappa shape index (κ2) is 8.73. The summed E-state index contributed by atoms with van der Waals surface area (Å²) in [4.78, 5) is 21.0. The van der Waals surface area contributed by atoms with Gasteiger partial charge in [0.2, 0.25) is 5.88 Å². The van der Waals surface area contributed by atoms with Crippen LogP contribution in [-0.4, -0.2) is 15.8 Å².